The van der Waals surface area contributed by atoms with Gasteiger partial charge in [-0.15, -0.1) is 0 Å². The molecule has 0 saturated carbocycles. The van der Waals surface area contributed by atoms with Gasteiger partial charge in [0.1, 0.15) is 0 Å². The molecular weight excluding hydrogens is 199 g/mol. The molecule has 0 heterocycles. The van der Waals surface area contributed by atoms with Crippen molar-refractivity contribution >= 4 is 33.7 Å². The predicted molar refractivity (Wildman–Crippen MR) is 49.4 cm³/mol. The highest BCUT2D eigenvalue weighted by molar-refractivity contribution is 6.63. The molecule has 1 atom stereocenters. The Labute approximate surface area is 82.2 Å². The number of carbonyl (C=O) groups is 2. The van der Waals surface area contributed by atoms with E-state index in [9.17, 15) is 9.59 Å². The molecule has 0 amide bonds. The summed E-state index contributed by atoms with van der Waals surface area (Å²) in [6, 6.07) is 0. The van der Waals surface area contributed by atoms with Gasteiger partial charge in [-0.1, -0.05) is 6.92 Å². The first kappa shape index (κ1) is 11.9. The molecule has 0 spiro atoms. The Morgan fingerprint density at radius 3 is 2.25 bits per heavy atom. The van der Waals surface area contributed by atoms with E-state index < -0.39 is 0 Å². The molecule has 0 saturated heterocycles. The number of carbonyl (C=O) groups excluding carboxylic acids is 2. The first-order valence-electron chi connectivity index (χ1n) is 3.89. The van der Waals surface area contributed by atoms with Crippen LogP contribution in [0, 0.1) is 5.92 Å². The Hall–Kier alpha value is -0.0800. The first-order valence-corrected chi connectivity index (χ1v) is 4.64. The molecule has 0 rings (SSSR count). The average molecular weight is 211 g/mol. The van der Waals surface area contributed by atoms with E-state index >= 15 is 0 Å². The molecule has 0 aromatic heterocycles. The van der Waals surface area contributed by atoms with Crippen LogP contribution in [0.5, 0.6) is 0 Å². The maximum absolute atomic E-state index is 10.4. The highest BCUT2D eigenvalue weighted by Crippen LogP contribution is 2.13. The normalized spacial score (nSPS) is 12.6. The van der Waals surface area contributed by atoms with Gasteiger partial charge in [-0.3, -0.25) is 9.59 Å². The summed E-state index contributed by atoms with van der Waals surface area (Å²) in [4.78, 5) is 20.7. The summed E-state index contributed by atoms with van der Waals surface area (Å²) in [7, 11) is 0. The van der Waals surface area contributed by atoms with Crippen LogP contribution in [0.3, 0.4) is 0 Å². The van der Waals surface area contributed by atoms with Crippen molar-refractivity contribution in [2.45, 2.75) is 32.6 Å². The number of halogens is 2. The molecule has 1 unspecified atom stereocenters. The lowest BCUT2D eigenvalue weighted by Crippen LogP contribution is -2.00. The van der Waals surface area contributed by atoms with E-state index in [0.29, 0.717) is 12.8 Å². The zero-order chi connectivity index (χ0) is 9.56. The number of hydrogen-bond acceptors (Lipinski definition) is 2. The summed E-state index contributed by atoms with van der Waals surface area (Å²) in [6.45, 7) is 1.93. The van der Waals surface area contributed by atoms with Gasteiger partial charge in [-0.05, 0) is 42.0 Å². The second-order valence-corrected chi connectivity index (χ2v) is 3.75. The molecule has 2 nitrogen and oxygen atoms in total. The molecule has 70 valence electrons. The van der Waals surface area contributed by atoms with Gasteiger partial charge in [-0.25, -0.2) is 0 Å². The Bertz CT molecular complexity index is 168. The van der Waals surface area contributed by atoms with Crippen molar-refractivity contribution in [1.82, 2.24) is 0 Å². The maximum atomic E-state index is 10.4. The van der Waals surface area contributed by atoms with Crippen LogP contribution < -0.4 is 0 Å². The molecule has 0 N–H and O–H groups in total. The van der Waals surface area contributed by atoms with Crippen LogP contribution in [0.1, 0.15) is 32.6 Å². The monoisotopic (exact) mass is 210 g/mol. The maximum Gasteiger partial charge on any atom is 0.221 e. The number of rotatable bonds is 6. The summed E-state index contributed by atoms with van der Waals surface area (Å²) in [5.41, 5.74) is 0. The second kappa shape index (κ2) is 6.44. The van der Waals surface area contributed by atoms with Crippen LogP contribution >= 0.6 is 23.2 Å². The lowest BCUT2D eigenvalue weighted by atomic mass is 10.0. The summed E-state index contributed by atoms with van der Waals surface area (Å²) in [6.07, 6.45) is 2.30. The smallest absolute Gasteiger partial charge is 0.221 e. The molecule has 0 aliphatic carbocycles. The van der Waals surface area contributed by atoms with E-state index in [1.165, 1.54) is 0 Å². The van der Waals surface area contributed by atoms with Crippen molar-refractivity contribution in [3.8, 4) is 0 Å². The Morgan fingerprint density at radius 2 is 1.83 bits per heavy atom. The van der Waals surface area contributed by atoms with Gasteiger partial charge in [-0.2, -0.15) is 0 Å². The number of hydrogen-bond donors (Lipinski definition) is 0. The summed E-state index contributed by atoms with van der Waals surface area (Å²) in [5, 5.41) is -0.640. The van der Waals surface area contributed by atoms with Crippen molar-refractivity contribution < 1.29 is 9.59 Å². The van der Waals surface area contributed by atoms with Gasteiger partial charge in [0.15, 0.2) is 0 Å². The zero-order valence-corrected chi connectivity index (χ0v) is 8.49. The third-order valence-corrected chi connectivity index (χ3v) is 1.92. The highest BCUT2D eigenvalue weighted by Gasteiger charge is 2.07. The SMILES string of the molecule is CC(CCCC(=O)Cl)CC(=O)Cl. The summed E-state index contributed by atoms with van der Waals surface area (Å²) in [5.74, 6) is 0.242. The molecule has 0 bridgehead atoms. The minimum Gasteiger partial charge on any atom is -0.281 e. The van der Waals surface area contributed by atoms with Crippen LogP contribution in [0.15, 0.2) is 0 Å². The quantitative estimate of drug-likeness (QED) is 0.633. The van der Waals surface area contributed by atoms with E-state index in [-0.39, 0.29) is 16.4 Å². The third-order valence-electron chi connectivity index (χ3n) is 1.58. The largest absolute Gasteiger partial charge is 0.281 e. The third kappa shape index (κ3) is 8.02. The molecule has 0 aliphatic rings. The standard InChI is InChI=1S/C8H12Cl2O2/c1-6(5-8(10)12)3-2-4-7(9)11/h6H,2-5H2,1H3. The van der Waals surface area contributed by atoms with E-state index in [4.69, 9.17) is 23.2 Å². The van der Waals surface area contributed by atoms with Crippen molar-refractivity contribution in [1.29, 1.82) is 0 Å². The average Bonchev–Trinajstić information content (AvgIpc) is 1.84. The van der Waals surface area contributed by atoms with E-state index in [0.717, 1.165) is 12.8 Å². The van der Waals surface area contributed by atoms with E-state index in [2.05, 4.69) is 0 Å². The van der Waals surface area contributed by atoms with Crippen LogP contribution in [-0.4, -0.2) is 10.5 Å². The molecule has 4 heteroatoms. The molecule has 0 aromatic carbocycles. The van der Waals surface area contributed by atoms with Crippen molar-refractivity contribution in [2.24, 2.45) is 5.92 Å². The fourth-order valence-electron chi connectivity index (χ4n) is 0.966. The van der Waals surface area contributed by atoms with Crippen LogP contribution in [-0.2, 0) is 9.59 Å². The van der Waals surface area contributed by atoms with Gasteiger partial charge in [0.05, 0.1) is 0 Å². The van der Waals surface area contributed by atoms with Crippen LogP contribution in [0.25, 0.3) is 0 Å². The molecular formula is C8H12Cl2O2. The van der Waals surface area contributed by atoms with Crippen molar-refractivity contribution in [3.63, 3.8) is 0 Å². The van der Waals surface area contributed by atoms with Crippen molar-refractivity contribution in [2.75, 3.05) is 0 Å². The Balaban J connectivity index is 3.37. The summed E-state index contributed by atoms with van der Waals surface area (Å²) >= 11 is 10.3. The molecule has 12 heavy (non-hydrogen) atoms. The lowest BCUT2D eigenvalue weighted by Gasteiger charge is -2.05. The molecule has 0 aromatic rings. The first-order chi connectivity index (χ1) is 5.52. The minimum atomic E-state index is -0.320. The highest BCUT2D eigenvalue weighted by atomic mass is 35.5. The van der Waals surface area contributed by atoms with E-state index in [1.54, 1.807) is 0 Å². The second-order valence-electron chi connectivity index (χ2n) is 2.91. The van der Waals surface area contributed by atoms with Gasteiger partial charge < -0.3 is 0 Å². The van der Waals surface area contributed by atoms with Crippen LogP contribution in [0.4, 0.5) is 0 Å². The Morgan fingerprint density at radius 1 is 1.25 bits per heavy atom. The molecule has 0 radical (unpaired) electrons. The Kier molecular flexibility index (Phi) is 6.39. The molecule has 0 fully saturated rings. The van der Waals surface area contributed by atoms with Crippen LogP contribution in [0.2, 0.25) is 0 Å². The fourth-order valence-corrected chi connectivity index (χ4v) is 1.36. The van der Waals surface area contributed by atoms with Crippen molar-refractivity contribution in [3.05, 3.63) is 0 Å². The van der Waals surface area contributed by atoms with Gasteiger partial charge >= 0.3 is 0 Å². The summed E-state index contributed by atoms with van der Waals surface area (Å²) < 4.78 is 0. The zero-order valence-electron chi connectivity index (χ0n) is 6.98. The van der Waals surface area contributed by atoms with E-state index in [1.807, 2.05) is 6.92 Å². The predicted octanol–water partition coefficient (Wildman–Crippen LogP) is 2.71. The molecule has 0 aliphatic heterocycles. The van der Waals surface area contributed by atoms with Gasteiger partial charge in [0.25, 0.3) is 0 Å². The fraction of sp³-hybridized carbons (Fsp3) is 0.750. The topological polar surface area (TPSA) is 34.1 Å². The minimum absolute atomic E-state index is 0.242. The lowest BCUT2D eigenvalue weighted by molar-refractivity contribution is -0.112. The van der Waals surface area contributed by atoms with Gasteiger partial charge in [0.2, 0.25) is 10.5 Å². The van der Waals surface area contributed by atoms with Gasteiger partial charge in [0, 0.05) is 12.8 Å².